The molecular weight excluding hydrogens is 341 g/mol. The number of hydrogen-bond acceptors (Lipinski definition) is 0. The van der Waals surface area contributed by atoms with E-state index >= 15 is 0 Å². The monoisotopic (exact) mass is 346 g/mol. The van der Waals surface area contributed by atoms with Crippen molar-refractivity contribution in [2.45, 2.75) is 13.3 Å². The molecular formula is C8H6BrF2I. The second-order valence-electron chi connectivity index (χ2n) is 2.37. The highest BCUT2D eigenvalue weighted by Crippen LogP contribution is 2.32. The summed E-state index contributed by atoms with van der Waals surface area (Å²) in [6.45, 7) is 1.70. The first-order valence-electron chi connectivity index (χ1n) is 3.26. The van der Waals surface area contributed by atoms with Crippen LogP contribution in [-0.2, 0) is 0 Å². The summed E-state index contributed by atoms with van der Waals surface area (Å²) in [6.07, 6.45) is -2.41. The van der Waals surface area contributed by atoms with Crippen LogP contribution >= 0.6 is 38.5 Å². The largest absolute Gasteiger partial charge is 0.265 e. The molecule has 0 saturated carbocycles. The Morgan fingerprint density at radius 2 is 2.00 bits per heavy atom. The summed E-state index contributed by atoms with van der Waals surface area (Å²) in [6, 6.07) is 3.46. The zero-order valence-corrected chi connectivity index (χ0v) is 9.99. The van der Waals surface area contributed by atoms with Crippen LogP contribution < -0.4 is 0 Å². The molecule has 0 unspecified atom stereocenters. The van der Waals surface area contributed by atoms with E-state index in [0.29, 0.717) is 10.0 Å². The minimum atomic E-state index is -2.41. The third-order valence-corrected chi connectivity index (χ3v) is 3.47. The van der Waals surface area contributed by atoms with Gasteiger partial charge in [-0.15, -0.1) is 0 Å². The molecule has 0 spiro atoms. The zero-order valence-electron chi connectivity index (χ0n) is 6.24. The van der Waals surface area contributed by atoms with E-state index in [1.807, 2.05) is 28.7 Å². The maximum atomic E-state index is 12.4. The van der Waals surface area contributed by atoms with Crippen LogP contribution in [0.3, 0.4) is 0 Å². The van der Waals surface area contributed by atoms with E-state index in [0.717, 1.165) is 3.57 Å². The molecule has 1 rings (SSSR count). The number of alkyl halides is 2. The average molecular weight is 347 g/mol. The maximum absolute atomic E-state index is 12.4. The highest BCUT2D eigenvalue weighted by molar-refractivity contribution is 14.1. The highest BCUT2D eigenvalue weighted by Gasteiger charge is 2.15. The molecule has 0 aliphatic rings. The highest BCUT2D eigenvalue weighted by atomic mass is 127. The summed E-state index contributed by atoms with van der Waals surface area (Å²) in [5.41, 5.74) is 0.752. The van der Waals surface area contributed by atoms with Gasteiger partial charge in [0.15, 0.2) is 0 Å². The quantitative estimate of drug-likeness (QED) is 0.665. The van der Waals surface area contributed by atoms with E-state index < -0.39 is 6.43 Å². The van der Waals surface area contributed by atoms with E-state index in [2.05, 4.69) is 15.9 Å². The first kappa shape index (κ1) is 10.4. The third kappa shape index (κ3) is 1.96. The van der Waals surface area contributed by atoms with Crippen molar-refractivity contribution in [3.63, 3.8) is 0 Å². The van der Waals surface area contributed by atoms with E-state index in [1.54, 1.807) is 13.0 Å². The van der Waals surface area contributed by atoms with Crippen LogP contribution in [0.15, 0.2) is 16.6 Å². The zero-order chi connectivity index (χ0) is 9.30. The molecule has 0 atom stereocenters. The predicted molar refractivity (Wildman–Crippen MR) is 56.6 cm³/mol. The Morgan fingerprint density at radius 3 is 2.42 bits per heavy atom. The smallest absolute Gasteiger partial charge is 0.205 e. The molecule has 0 N–H and O–H groups in total. The number of benzene rings is 1. The number of hydrogen-bond donors (Lipinski definition) is 0. The standard InChI is InChI=1S/C8H6BrF2I/c1-4-6(12)3-2-5(9)7(4)8(10)11/h2-3,8H,1H3. The molecule has 0 nitrogen and oxygen atoms in total. The number of halogens is 4. The fourth-order valence-corrected chi connectivity index (χ4v) is 2.01. The summed E-state index contributed by atoms with van der Waals surface area (Å²) in [7, 11) is 0. The molecule has 1 aromatic rings. The third-order valence-electron chi connectivity index (χ3n) is 1.61. The lowest BCUT2D eigenvalue weighted by atomic mass is 10.1. The Hall–Kier alpha value is 0.290. The molecule has 1 aromatic carbocycles. The van der Waals surface area contributed by atoms with Crippen LogP contribution in [0, 0.1) is 10.5 Å². The van der Waals surface area contributed by atoms with Crippen molar-refractivity contribution < 1.29 is 8.78 Å². The van der Waals surface area contributed by atoms with Gasteiger partial charge in [-0.1, -0.05) is 15.9 Å². The minimum absolute atomic E-state index is 0.0990. The van der Waals surface area contributed by atoms with Crippen LogP contribution in [0.5, 0.6) is 0 Å². The Kier molecular flexibility index (Phi) is 3.46. The van der Waals surface area contributed by atoms with Gasteiger partial charge in [-0.05, 0) is 47.2 Å². The van der Waals surface area contributed by atoms with Gasteiger partial charge in [-0.2, -0.15) is 0 Å². The summed E-state index contributed by atoms with van der Waals surface area (Å²) in [5.74, 6) is 0. The van der Waals surface area contributed by atoms with Crippen molar-refractivity contribution in [3.8, 4) is 0 Å². The Balaban J connectivity index is 3.33. The lowest BCUT2D eigenvalue weighted by molar-refractivity contribution is 0.149. The fourth-order valence-electron chi connectivity index (χ4n) is 0.937. The van der Waals surface area contributed by atoms with Crippen LogP contribution in [0.1, 0.15) is 17.6 Å². The molecule has 0 aliphatic heterocycles. The molecule has 0 aliphatic carbocycles. The number of rotatable bonds is 1. The minimum Gasteiger partial charge on any atom is -0.205 e. The van der Waals surface area contributed by atoms with E-state index in [1.165, 1.54) is 0 Å². The second kappa shape index (κ2) is 4.00. The van der Waals surface area contributed by atoms with Gasteiger partial charge in [0, 0.05) is 13.6 Å². The van der Waals surface area contributed by atoms with Crippen LogP contribution in [0.2, 0.25) is 0 Å². The van der Waals surface area contributed by atoms with Crippen molar-refractivity contribution in [1.82, 2.24) is 0 Å². The Morgan fingerprint density at radius 1 is 1.42 bits per heavy atom. The van der Waals surface area contributed by atoms with E-state index in [-0.39, 0.29) is 5.56 Å². The molecule has 0 fully saturated rings. The molecule has 66 valence electrons. The van der Waals surface area contributed by atoms with E-state index in [9.17, 15) is 8.78 Å². The molecule has 12 heavy (non-hydrogen) atoms. The molecule has 0 saturated heterocycles. The van der Waals surface area contributed by atoms with Gasteiger partial charge in [0.1, 0.15) is 0 Å². The molecule has 0 aromatic heterocycles. The lowest BCUT2D eigenvalue weighted by Crippen LogP contribution is -1.93. The van der Waals surface area contributed by atoms with Gasteiger partial charge in [-0.25, -0.2) is 8.78 Å². The Labute approximate surface area is 91.6 Å². The van der Waals surface area contributed by atoms with Crippen molar-refractivity contribution in [1.29, 1.82) is 0 Å². The molecule has 0 amide bonds. The fraction of sp³-hybridized carbons (Fsp3) is 0.250. The van der Waals surface area contributed by atoms with Gasteiger partial charge in [0.2, 0.25) is 0 Å². The SMILES string of the molecule is Cc1c(I)ccc(Br)c1C(F)F. The van der Waals surface area contributed by atoms with Gasteiger partial charge in [0.05, 0.1) is 0 Å². The first-order valence-corrected chi connectivity index (χ1v) is 5.14. The van der Waals surface area contributed by atoms with Crippen molar-refractivity contribution in [2.24, 2.45) is 0 Å². The van der Waals surface area contributed by atoms with E-state index in [4.69, 9.17) is 0 Å². The van der Waals surface area contributed by atoms with Gasteiger partial charge in [0.25, 0.3) is 6.43 Å². The maximum Gasteiger partial charge on any atom is 0.265 e. The van der Waals surface area contributed by atoms with Crippen molar-refractivity contribution in [3.05, 3.63) is 31.3 Å². The van der Waals surface area contributed by atoms with Gasteiger partial charge in [-0.3, -0.25) is 0 Å². The van der Waals surface area contributed by atoms with Crippen molar-refractivity contribution in [2.75, 3.05) is 0 Å². The predicted octanol–water partition coefficient (Wildman–Crippen LogP) is 4.30. The first-order chi connectivity index (χ1) is 5.54. The summed E-state index contributed by atoms with van der Waals surface area (Å²) < 4.78 is 26.2. The molecule has 0 radical (unpaired) electrons. The summed E-state index contributed by atoms with van der Waals surface area (Å²) in [4.78, 5) is 0. The van der Waals surface area contributed by atoms with Crippen LogP contribution in [0.25, 0.3) is 0 Å². The Bertz CT molecular complexity index is 299. The van der Waals surface area contributed by atoms with Gasteiger partial charge >= 0.3 is 0 Å². The summed E-state index contributed by atoms with van der Waals surface area (Å²) in [5, 5.41) is 0. The lowest BCUT2D eigenvalue weighted by Gasteiger charge is -2.08. The molecule has 0 heterocycles. The molecule has 0 bridgehead atoms. The normalized spacial score (nSPS) is 10.8. The van der Waals surface area contributed by atoms with Crippen LogP contribution in [-0.4, -0.2) is 0 Å². The van der Waals surface area contributed by atoms with Crippen molar-refractivity contribution >= 4 is 38.5 Å². The van der Waals surface area contributed by atoms with Crippen LogP contribution in [0.4, 0.5) is 8.78 Å². The topological polar surface area (TPSA) is 0 Å². The second-order valence-corrected chi connectivity index (χ2v) is 4.39. The molecule has 4 heteroatoms. The average Bonchev–Trinajstić information content (AvgIpc) is 1.97. The summed E-state index contributed by atoms with van der Waals surface area (Å²) >= 11 is 5.14. The van der Waals surface area contributed by atoms with Gasteiger partial charge < -0.3 is 0 Å².